The normalized spacial score (nSPS) is 10.9. The summed E-state index contributed by atoms with van der Waals surface area (Å²) in [6, 6.07) is 10.5. The van der Waals surface area contributed by atoms with E-state index in [2.05, 4.69) is 10.3 Å². The first-order valence-electron chi connectivity index (χ1n) is 6.76. The average molecular weight is 367 g/mol. The number of carbonyl (C=O) groups excluding carboxylic acids is 1. The third kappa shape index (κ3) is 3.99. The fourth-order valence-corrected chi connectivity index (χ4v) is 3.34. The predicted octanol–water partition coefficient (Wildman–Crippen LogP) is 5.17. The van der Waals surface area contributed by atoms with Crippen LogP contribution in [0.25, 0.3) is 11.1 Å². The van der Waals surface area contributed by atoms with Gasteiger partial charge in [0.1, 0.15) is 5.52 Å². The van der Waals surface area contributed by atoms with Crippen molar-refractivity contribution in [2.75, 3.05) is 11.1 Å². The number of rotatable bonds is 4. The minimum Gasteiger partial charge on any atom is -0.441 e. The van der Waals surface area contributed by atoms with Gasteiger partial charge >= 0.3 is 0 Å². The summed E-state index contributed by atoms with van der Waals surface area (Å²) in [5.41, 5.74) is 2.08. The molecule has 3 rings (SSSR count). The van der Waals surface area contributed by atoms with Crippen LogP contribution in [-0.2, 0) is 4.79 Å². The summed E-state index contributed by atoms with van der Waals surface area (Å²) in [6.45, 7) is 1.78. The predicted molar refractivity (Wildman–Crippen MR) is 94.6 cm³/mol. The molecule has 7 heteroatoms. The van der Waals surface area contributed by atoms with Gasteiger partial charge in [-0.05, 0) is 36.4 Å². The summed E-state index contributed by atoms with van der Waals surface area (Å²) in [7, 11) is 0. The Hall–Kier alpha value is -1.69. The first kappa shape index (κ1) is 16.2. The summed E-state index contributed by atoms with van der Waals surface area (Å²) < 4.78 is 5.40. The van der Waals surface area contributed by atoms with Crippen LogP contribution in [-0.4, -0.2) is 16.6 Å². The zero-order valence-corrected chi connectivity index (χ0v) is 14.4. The highest BCUT2D eigenvalue weighted by Crippen LogP contribution is 2.30. The summed E-state index contributed by atoms with van der Waals surface area (Å²) in [6.07, 6.45) is 0. The Balaban J connectivity index is 1.65. The van der Waals surface area contributed by atoms with E-state index in [0.29, 0.717) is 32.7 Å². The van der Waals surface area contributed by atoms with Crippen molar-refractivity contribution in [1.82, 2.24) is 4.98 Å². The quantitative estimate of drug-likeness (QED) is 0.646. The van der Waals surface area contributed by atoms with Crippen LogP contribution in [0.3, 0.4) is 0 Å². The summed E-state index contributed by atoms with van der Waals surface area (Å²) in [5, 5.41) is 3.99. The number of hydrogen-bond acceptors (Lipinski definition) is 4. The molecular formula is C16H12Cl2N2O2S. The monoisotopic (exact) mass is 366 g/mol. The second-order valence-electron chi connectivity index (χ2n) is 4.83. The number of carbonyl (C=O) groups is 1. The van der Waals surface area contributed by atoms with Crippen LogP contribution in [0.4, 0.5) is 5.69 Å². The number of benzene rings is 2. The molecule has 0 saturated heterocycles. The minimum absolute atomic E-state index is 0.134. The van der Waals surface area contributed by atoms with Gasteiger partial charge in [-0.2, -0.15) is 0 Å². The Morgan fingerprint density at radius 2 is 2.09 bits per heavy atom. The zero-order valence-electron chi connectivity index (χ0n) is 12.1. The lowest BCUT2D eigenvalue weighted by Gasteiger charge is -2.06. The number of aryl methyl sites for hydroxylation is 1. The molecule has 0 radical (unpaired) electrons. The Kier molecular flexibility index (Phi) is 4.80. The van der Waals surface area contributed by atoms with E-state index in [1.807, 2.05) is 0 Å². The van der Waals surface area contributed by atoms with Gasteiger partial charge in [-0.3, -0.25) is 4.79 Å². The van der Waals surface area contributed by atoms with E-state index < -0.39 is 0 Å². The lowest BCUT2D eigenvalue weighted by Crippen LogP contribution is -2.13. The molecule has 1 heterocycles. The maximum Gasteiger partial charge on any atom is 0.234 e. The molecule has 1 aromatic heterocycles. The first-order valence-corrected chi connectivity index (χ1v) is 8.50. The molecule has 0 unspecified atom stereocenters. The molecule has 0 atom stereocenters. The van der Waals surface area contributed by atoms with Gasteiger partial charge in [-0.15, -0.1) is 11.8 Å². The summed E-state index contributed by atoms with van der Waals surface area (Å²) in [5.74, 6) is 0.691. The Bertz CT molecular complexity index is 880. The van der Waals surface area contributed by atoms with Crippen molar-refractivity contribution in [2.24, 2.45) is 0 Å². The van der Waals surface area contributed by atoms with E-state index >= 15 is 0 Å². The number of halogens is 2. The number of oxazole rings is 1. The lowest BCUT2D eigenvalue weighted by atomic mass is 10.3. The van der Waals surface area contributed by atoms with Crippen LogP contribution >= 0.6 is 35.0 Å². The van der Waals surface area contributed by atoms with Gasteiger partial charge < -0.3 is 9.73 Å². The van der Waals surface area contributed by atoms with E-state index in [1.165, 1.54) is 11.8 Å². The summed E-state index contributed by atoms with van der Waals surface area (Å²) in [4.78, 5) is 17.1. The van der Waals surface area contributed by atoms with Crippen LogP contribution in [0.15, 0.2) is 45.7 Å². The van der Waals surface area contributed by atoms with Crippen molar-refractivity contribution in [1.29, 1.82) is 0 Å². The smallest absolute Gasteiger partial charge is 0.234 e. The second-order valence-corrected chi connectivity index (χ2v) is 6.69. The maximum atomic E-state index is 12.1. The topological polar surface area (TPSA) is 55.1 Å². The molecule has 0 spiro atoms. The second kappa shape index (κ2) is 6.83. The van der Waals surface area contributed by atoms with Gasteiger partial charge in [0, 0.05) is 22.5 Å². The SMILES string of the molecule is Cc1nc2cc(NC(=O)CSc3cc(Cl)ccc3Cl)ccc2o1. The molecule has 0 aliphatic rings. The molecule has 1 N–H and O–H groups in total. The third-order valence-electron chi connectivity index (χ3n) is 3.03. The van der Waals surface area contributed by atoms with Crippen molar-refractivity contribution < 1.29 is 9.21 Å². The van der Waals surface area contributed by atoms with Crippen molar-refractivity contribution in [3.05, 3.63) is 52.3 Å². The number of nitrogens with zero attached hydrogens (tertiary/aromatic N) is 1. The van der Waals surface area contributed by atoms with E-state index in [-0.39, 0.29) is 11.7 Å². The van der Waals surface area contributed by atoms with E-state index in [0.717, 1.165) is 4.90 Å². The van der Waals surface area contributed by atoms with Crippen LogP contribution in [0.5, 0.6) is 0 Å². The lowest BCUT2D eigenvalue weighted by molar-refractivity contribution is -0.113. The van der Waals surface area contributed by atoms with Crippen LogP contribution in [0, 0.1) is 6.92 Å². The molecule has 0 fully saturated rings. The highest BCUT2D eigenvalue weighted by atomic mass is 35.5. The largest absolute Gasteiger partial charge is 0.441 e. The van der Waals surface area contributed by atoms with Gasteiger partial charge in [0.2, 0.25) is 5.91 Å². The molecular weight excluding hydrogens is 355 g/mol. The van der Waals surface area contributed by atoms with E-state index in [4.69, 9.17) is 27.6 Å². The number of anilines is 1. The molecule has 4 nitrogen and oxygen atoms in total. The Morgan fingerprint density at radius 3 is 2.91 bits per heavy atom. The summed E-state index contributed by atoms with van der Waals surface area (Å²) >= 11 is 13.3. The van der Waals surface area contributed by atoms with Crippen molar-refractivity contribution in [3.8, 4) is 0 Å². The molecule has 0 bridgehead atoms. The highest BCUT2D eigenvalue weighted by molar-refractivity contribution is 8.00. The number of hydrogen-bond donors (Lipinski definition) is 1. The van der Waals surface area contributed by atoms with Gasteiger partial charge in [-0.25, -0.2) is 4.98 Å². The fourth-order valence-electron chi connectivity index (χ4n) is 2.05. The van der Waals surface area contributed by atoms with Gasteiger partial charge in [0.15, 0.2) is 11.5 Å². The van der Waals surface area contributed by atoms with Gasteiger partial charge in [0.25, 0.3) is 0 Å². The van der Waals surface area contributed by atoms with Crippen LogP contribution in [0.2, 0.25) is 10.0 Å². The molecule has 23 heavy (non-hydrogen) atoms. The average Bonchev–Trinajstić information content (AvgIpc) is 2.87. The van der Waals surface area contributed by atoms with Crippen molar-refractivity contribution >= 4 is 57.7 Å². The van der Waals surface area contributed by atoms with Crippen LogP contribution in [0.1, 0.15) is 5.89 Å². The number of amides is 1. The number of thioether (sulfide) groups is 1. The molecule has 118 valence electrons. The zero-order chi connectivity index (χ0) is 16.4. The van der Waals surface area contributed by atoms with Crippen LogP contribution < -0.4 is 5.32 Å². The van der Waals surface area contributed by atoms with E-state index in [1.54, 1.807) is 43.3 Å². The third-order valence-corrected chi connectivity index (χ3v) is 4.76. The highest BCUT2D eigenvalue weighted by Gasteiger charge is 2.09. The van der Waals surface area contributed by atoms with Gasteiger partial charge in [0.05, 0.1) is 10.8 Å². The number of aromatic nitrogens is 1. The van der Waals surface area contributed by atoms with Gasteiger partial charge in [-0.1, -0.05) is 23.2 Å². The van der Waals surface area contributed by atoms with E-state index in [9.17, 15) is 4.79 Å². The molecule has 1 amide bonds. The maximum absolute atomic E-state index is 12.1. The first-order chi connectivity index (χ1) is 11.0. The number of fused-ring (bicyclic) bond motifs is 1. The molecule has 0 saturated carbocycles. The molecule has 0 aliphatic heterocycles. The number of nitrogens with one attached hydrogen (secondary N) is 1. The Labute approximate surface area is 147 Å². The fraction of sp³-hybridized carbons (Fsp3) is 0.125. The molecule has 2 aromatic carbocycles. The minimum atomic E-state index is -0.134. The van der Waals surface area contributed by atoms with Crippen molar-refractivity contribution in [2.45, 2.75) is 11.8 Å². The molecule has 3 aromatic rings. The van der Waals surface area contributed by atoms with Crippen molar-refractivity contribution in [3.63, 3.8) is 0 Å². The molecule has 0 aliphatic carbocycles. The Morgan fingerprint density at radius 1 is 1.26 bits per heavy atom. The standard InChI is InChI=1S/C16H12Cl2N2O2S/c1-9-19-13-7-11(3-5-14(13)22-9)20-16(21)8-23-15-6-10(17)2-4-12(15)18/h2-7H,8H2,1H3,(H,20,21).